The van der Waals surface area contributed by atoms with Crippen molar-refractivity contribution in [3.8, 4) is 11.1 Å². The van der Waals surface area contributed by atoms with Gasteiger partial charge in [0.2, 0.25) is 0 Å². The van der Waals surface area contributed by atoms with Gasteiger partial charge in [0, 0.05) is 34.2 Å². The van der Waals surface area contributed by atoms with E-state index in [4.69, 9.17) is 4.42 Å². The molecule has 34 heavy (non-hydrogen) atoms. The van der Waals surface area contributed by atoms with Crippen molar-refractivity contribution in [2.24, 2.45) is 7.05 Å². The van der Waals surface area contributed by atoms with E-state index >= 15 is 0 Å². The van der Waals surface area contributed by atoms with Crippen LogP contribution < -0.4 is 0 Å². The minimum Gasteiger partial charge on any atom is -0.454 e. The van der Waals surface area contributed by atoms with Gasteiger partial charge in [0.15, 0.2) is 5.58 Å². The Morgan fingerprint density at radius 3 is 2.21 bits per heavy atom. The van der Waals surface area contributed by atoms with Crippen molar-refractivity contribution in [1.82, 2.24) is 4.57 Å². The van der Waals surface area contributed by atoms with Gasteiger partial charge in [0.1, 0.15) is 5.58 Å². The van der Waals surface area contributed by atoms with Gasteiger partial charge in [-0.2, -0.15) is 0 Å². The third kappa shape index (κ3) is 2.88. The van der Waals surface area contributed by atoms with E-state index in [1.165, 1.54) is 74.1 Å². The lowest BCUT2D eigenvalue weighted by Crippen LogP contribution is -2.10. The molecule has 6 aromatic rings. The Hall–Kier alpha value is -3.52. The van der Waals surface area contributed by atoms with Crippen LogP contribution in [0.4, 0.5) is 0 Å². The van der Waals surface area contributed by atoms with Crippen molar-refractivity contribution in [3.05, 3.63) is 83.9 Å². The van der Waals surface area contributed by atoms with E-state index in [9.17, 15) is 0 Å². The Labute approximate surface area is 200 Å². The molecule has 2 heteroatoms. The second-order valence-corrected chi connectivity index (χ2v) is 9.36. The molecule has 4 aromatic carbocycles. The lowest BCUT2D eigenvalue weighted by atomic mass is 9.76. The molecule has 0 amide bonds. The predicted octanol–water partition coefficient (Wildman–Crippen LogP) is 9.50. The monoisotopic (exact) mass is 445 g/mol. The Morgan fingerprint density at radius 1 is 0.735 bits per heavy atom. The second kappa shape index (κ2) is 8.06. The smallest absolute Gasteiger partial charge is 0.159 e. The minimum absolute atomic E-state index is 0.692. The summed E-state index contributed by atoms with van der Waals surface area (Å²) in [7, 11) is 2.20. The van der Waals surface area contributed by atoms with Gasteiger partial charge in [-0.05, 0) is 54.5 Å². The zero-order valence-corrected chi connectivity index (χ0v) is 20.5. The molecule has 1 saturated carbocycles. The molecule has 0 radical (unpaired) electrons. The van der Waals surface area contributed by atoms with E-state index in [1.807, 2.05) is 19.9 Å². The zero-order valence-electron chi connectivity index (χ0n) is 20.5. The first-order valence-corrected chi connectivity index (χ1v) is 12.6. The maximum absolute atomic E-state index is 6.42. The highest BCUT2D eigenvalue weighted by molar-refractivity contribution is 6.22. The number of hydrogen-bond donors (Lipinski definition) is 0. The van der Waals surface area contributed by atoms with Crippen LogP contribution in [0.15, 0.2) is 77.2 Å². The number of rotatable bonds is 2. The average Bonchev–Trinajstić information content (AvgIpc) is 3.35. The number of aryl methyl sites for hydroxylation is 2. The Bertz CT molecular complexity index is 1680. The molecule has 0 aliphatic heterocycles. The van der Waals surface area contributed by atoms with Crippen molar-refractivity contribution in [2.75, 3.05) is 0 Å². The zero-order chi connectivity index (χ0) is 23.4. The number of para-hydroxylation sites is 1. The standard InChI is InChI=1S/C30H25NO.C2H6/c1-18-14-15-23-24-16-17-25-21-11-5-6-13-26(21)32-30(25)29(24)31(2)28(23)27(18)22-12-4-3-10-20(22)19-8-7-9-19;1-2/h3-6,10-17,19H,7-9H2,1-2H3;1-2H3. The Balaban J connectivity index is 0.00000106. The van der Waals surface area contributed by atoms with Crippen LogP contribution in [-0.4, -0.2) is 4.57 Å². The Morgan fingerprint density at radius 2 is 1.41 bits per heavy atom. The van der Waals surface area contributed by atoms with E-state index in [2.05, 4.69) is 85.3 Å². The van der Waals surface area contributed by atoms with Gasteiger partial charge >= 0.3 is 0 Å². The average molecular weight is 446 g/mol. The van der Waals surface area contributed by atoms with Crippen LogP contribution in [0.5, 0.6) is 0 Å². The van der Waals surface area contributed by atoms with Crippen molar-refractivity contribution >= 4 is 43.7 Å². The molecule has 170 valence electrons. The summed E-state index contributed by atoms with van der Waals surface area (Å²) in [5.41, 5.74) is 10.0. The van der Waals surface area contributed by atoms with E-state index in [0.717, 1.165) is 11.2 Å². The summed E-state index contributed by atoms with van der Waals surface area (Å²) < 4.78 is 8.79. The van der Waals surface area contributed by atoms with Crippen LogP contribution in [0.3, 0.4) is 0 Å². The molecule has 0 unspecified atom stereocenters. The van der Waals surface area contributed by atoms with Crippen molar-refractivity contribution in [2.45, 2.75) is 46.0 Å². The van der Waals surface area contributed by atoms with E-state index in [0.29, 0.717) is 5.92 Å². The number of benzene rings is 4. The third-order valence-corrected chi connectivity index (χ3v) is 7.64. The highest BCUT2D eigenvalue weighted by atomic mass is 16.3. The topological polar surface area (TPSA) is 18.1 Å². The van der Waals surface area contributed by atoms with Gasteiger partial charge in [-0.1, -0.05) is 80.9 Å². The van der Waals surface area contributed by atoms with E-state index in [-0.39, 0.29) is 0 Å². The van der Waals surface area contributed by atoms with E-state index in [1.54, 1.807) is 0 Å². The summed E-state index contributed by atoms with van der Waals surface area (Å²) in [6.45, 7) is 6.25. The quantitative estimate of drug-likeness (QED) is 0.259. The fourth-order valence-electron chi connectivity index (χ4n) is 5.83. The fraction of sp³-hybridized carbons (Fsp3) is 0.250. The molecule has 2 nitrogen and oxygen atoms in total. The molecular weight excluding hydrogens is 414 g/mol. The SMILES string of the molecule is CC.Cc1ccc2c3ccc4c5ccccc5oc4c3n(C)c2c1-c1ccccc1C1CCC1. The van der Waals surface area contributed by atoms with Gasteiger partial charge in [-0.25, -0.2) is 0 Å². The lowest BCUT2D eigenvalue weighted by molar-refractivity contribution is 0.420. The molecule has 2 heterocycles. The summed E-state index contributed by atoms with van der Waals surface area (Å²) >= 11 is 0. The van der Waals surface area contributed by atoms with Crippen molar-refractivity contribution in [3.63, 3.8) is 0 Å². The van der Waals surface area contributed by atoms with Gasteiger partial charge < -0.3 is 8.98 Å². The first-order valence-electron chi connectivity index (χ1n) is 12.6. The largest absolute Gasteiger partial charge is 0.454 e. The van der Waals surface area contributed by atoms with Crippen LogP contribution in [0.2, 0.25) is 0 Å². The third-order valence-electron chi connectivity index (χ3n) is 7.64. The van der Waals surface area contributed by atoms with Crippen LogP contribution in [0.1, 0.15) is 50.2 Å². The number of fused-ring (bicyclic) bond motifs is 7. The first-order chi connectivity index (χ1) is 16.7. The molecule has 1 aliphatic carbocycles. The van der Waals surface area contributed by atoms with Crippen LogP contribution in [0.25, 0.3) is 54.9 Å². The first kappa shape index (κ1) is 21.0. The lowest BCUT2D eigenvalue weighted by Gasteiger charge is -2.28. The highest BCUT2D eigenvalue weighted by Crippen LogP contribution is 2.46. The van der Waals surface area contributed by atoms with Crippen LogP contribution in [-0.2, 0) is 7.05 Å². The maximum Gasteiger partial charge on any atom is 0.159 e. The number of nitrogens with zero attached hydrogens (tertiary/aromatic N) is 1. The molecule has 0 atom stereocenters. The maximum atomic E-state index is 6.42. The summed E-state index contributed by atoms with van der Waals surface area (Å²) in [5.74, 6) is 0.692. The summed E-state index contributed by atoms with van der Waals surface area (Å²) in [5, 5.41) is 4.93. The van der Waals surface area contributed by atoms with Crippen molar-refractivity contribution in [1.29, 1.82) is 0 Å². The summed E-state index contributed by atoms with van der Waals surface area (Å²) in [6.07, 6.45) is 3.96. The Kier molecular flexibility index (Phi) is 4.99. The number of furan rings is 1. The molecular formula is C32H31NO. The normalized spacial score (nSPS) is 14.0. The highest BCUT2D eigenvalue weighted by Gasteiger charge is 2.25. The fourth-order valence-corrected chi connectivity index (χ4v) is 5.83. The van der Waals surface area contributed by atoms with Gasteiger partial charge in [0.05, 0.1) is 11.0 Å². The second-order valence-electron chi connectivity index (χ2n) is 9.36. The van der Waals surface area contributed by atoms with Gasteiger partial charge in [-0.3, -0.25) is 0 Å². The number of hydrogen-bond acceptors (Lipinski definition) is 1. The summed E-state index contributed by atoms with van der Waals surface area (Å²) in [4.78, 5) is 0. The van der Waals surface area contributed by atoms with Gasteiger partial charge in [-0.15, -0.1) is 0 Å². The molecule has 0 saturated heterocycles. The van der Waals surface area contributed by atoms with Crippen LogP contribution in [0, 0.1) is 6.92 Å². The summed E-state index contributed by atoms with van der Waals surface area (Å²) in [6, 6.07) is 26.5. The predicted molar refractivity (Wildman–Crippen MR) is 146 cm³/mol. The molecule has 1 aliphatic rings. The molecule has 0 N–H and O–H groups in total. The van der Waals surface area contributed by atoms with Crippen molar-refractivity contribution < 1.29 is 4.42 Å². The molecule has 2 aromatic heterocycles. The molecule has 0 spiro atoms. The van der Waals surface area contributed by atoms with Crippen LogP contribution >= 0.6 is 0 Å². The molecule has 1 fully saturated rings. The van der Waals surface area contributed by atoms with Gasteiger partial charge in [0.25, 0.3) is 0 Å². The molecule has 0 bridgehead atoms. The number of aromatic nitrogens is 1. The molecule has 7 rings (SSSR count). The van der Waals surface area contributed by atoms with E-state index < -0.39 is 0 Å². The minimum atomic E-state index is 0.692.